The molecule has 1 heterocycles. The van der Waals surface area contributed by atoms with Crippen LogP contribution < -0.4 is 21.9 Å². The van der Waals surface area contributed by atoms with E-state index in [0.29, 0.717) is 25.1 Å². The van der Waals surface area contributed by atoms with Crippen LogP contribution in [0.2, 0.25) is 0 Å². The average molecular weight is 405 g/mol. The minimum Gasteiger partial charge on any atom is -0.383 e. The van der Waals surface area contributed by atoms with E-state index in [1.807, 2.05) is 32.2 Å². The van der Waals surface area contributed by atoms with Crippen molar-refractivity contribution in [3.05, 3.63) is 50.7 Å². The van der Waals surface area contributed by atoms with Gasteiger partial charge in [-0.1, -0.05) is 38.8 Å². The van der Waals surface area contributed by atoms with Gasteiger partial charge >= 0.3 is 5.69 Å². The predicted molar refractivity (Wildman–Crippen MR) is 115 cm³/mol. The number of benzene rings is 1. The smallest absolute Gasteiger partial charge is 0.330 e. The second-order valence-electron chi connectivity index (χ2n) is 6.51. The summed E-state index contributed by atoms with van der Waals surface area (Å²) in [6.07, 6.45) is 5.07. The summed E-state index contributed by atoms with van der Waals surface area (Å²) in [5, 5.41) is 0. The van der Waals surface area contributed by atoms with Crippen LogP contribution in [0.4, 0.5) is 11.5 Å². The molecular formula is C20H28N4O3S. The number of unbranched alkanes of at least 4 members (excludes halogenated alkanes) is 2. The first-order valence-corrected chi connectivity index (χ1v) is 10.8. The van der Waals surface area contributed by atoms with E-state index in [0.717, 1.165) is 24.2 Å². The summed E-state index contributed by atoms with van der Waals surface area (Å²) in [5.41, 5.74) is 5.60. The van der Waals surface area contributed by atoms with Gasteiger partial charge in [0.15, 0.2) is 5.69 Å². The van der Waals surface area contributed by atoms with Crippen LogP contribution in [0.3, 0.4) is 0 Å². The number of anilines is 2. The molecule has 152 valence electrons. The van der Waals surface area contributed by atoms with Gasteiger partial charge in [-0.05, 0) is 31.2 Å². The number of rotatable bonds is 9. The number of nitrogens with one attached hydrogen (secondary N) is 1. The molecule has 2 aromatic rings. The van der Waals surface area contributed by atoms with E-state index in [1.54, 1.807) is 12.1 Å². The summed E-state index contributed by atoms with van der Waals surface area (Å²) in [6.45, 7) is 4.75. The van der Waals surface area contributed by atoms with Crippen molar-refractivity contribution in [2.75, 3.05) is 23.4 Å². The van der Waals surface area contributed by atoms with Gasteiger partial charge in [-0.15, -0.1) is 11.8 Å². The second kappa shape index (κ2) is 10.2. The molecule has 0 fully saturated rings. The molecule has 7 nitrogen and oxygen atoms in total. The fourth-order valence-electron chi connectivity index (χ4n) is 2.97. The topological polar surface area (TPSA) is 101 Å². The molecule has 0 unspecified atom stereocenters. The molecule has 0 bridgehead atoms. The summed E-state index contributed by atoms with van der Waals surface area (Å²) in [5.74, 6) is -0.260. The lowest BCUT2D eigenvalue weighted by atomic mass is 10.1. The number of carbonyl (C=O) groups excluding carboxylic acids is 1. The molecule has 28 heavy (non-hydrogen) atoms. The number of aromatic nitrogens is 2. The Morgan fingerprint density at radius 3 is 2.50 bits per heavy atom. The van der Waals surface area contributed by atoms with Crippen molar-refractivity contribution in [3.8, 4) is 0 Å². The molecule has 2 rings (SSSR count). The first-order chi connectivity index (χ1) is 13.5. The maximum absolute atomic E-state index is 13.4. The lowest BCUT2D eigenvalue weighted by molar-refractivity contribution is 0.0983. The number of nitrogen functional groups attached to an aromatic ring is 1. The standard InChI is InChI=1S/C20H28N4O3S/c1-4-6-12-23(19(26)14-10-8-9-11-15(14)28-3)16-17(21)24(13-7-5-2)20(27)22-18(16)25/h8-11H,4-7,12-13,21H2,1-3H3,(H,22,25,27). The van der Waals surface area contributed by atoms with Crippen molar-refractivity contribution in [2.24, 2.45) is 0 Å². The molecule has 1 aromatic heterocycles. The first-order valence-electron chi connectivity index (χ1n) is 9.53. The zero-order valence-corrected chi connectivity index (χ0v) is 17.5. The van der Waals surface area contributed by atoms with Crippen LogP contribution in [0.1, 0.15) is 49.9 Å². The molecule has 1 aromatic carbocycles. The second-order valence-corrected chi connectivity index (χ2v) is 7.36. The third kappa shape index (κ3) is 4.67. The van der Waals surface area contributed by atoms with Crippen molar-refractivity contribution in [3.63, 3.8) is 0 Å². The van der Waals surface area contributed by atoms with E-state index in [1.165, 1.54) is 21.2 Å². The van der Waals surface area contributed by atoms with Gasteiger partial charge in [-0.25, -0.2) is 4.79 Å². The minimum absolute atomic E-state index is 0.0354. The number of nitrogens with two attached hydrogens (primary N) is 1. The molecule has 3 N–H and O–H groups in total. The Kier molecular flexibility index (Phi) is 7.92. The zero-order chi connectivity index (χ0) is 20.7. The minimum atomic E-state index is -0.638. The van der Waals surface area contributed by atoms with Crippen molar-refractivity contribution in [1.82, 2.24) is 9.55 Å². The molecule has 0 saturated heterocycles. The molecule has 8 heteroatoms. The molecule has 0 spiro atoms. The zero-order valence-electron chi connectivity index (χ0n) is 16.7. The summed E-state index contributed by atoms with van der Waals surface area (Å²) < 4.78 is 1.34. The van der Waals surface area contributed by atoms with Crippen molar-refractivity contribution in [1.29, 1.82) is 0 Å². The number of carbonyl (C=O) groups is 1. The molecule has 0 radical (unpaired) electrons. The van der Waals surface area contributed by atoms with Crippen LogP contribution in [0.25, 0.3) is 0 Å². The van der Waals surface area contributed by atoms with Gasteiger partial charge in [0.1, 0.15) is 5.82 Å². The Labute approximate surface area is 168 Å². The lowest BCUT2D eigenvalue weighted by Gasteiger charge is -2.25. The molecule has 0 aliphatic rings. The average Bonchev–Trinajstić information content (AvgIpc) is 2.69. The van der Waals surface area contributed by atoms with Crippen molar-refractivity contribution in [2.45, 2.75) is 51.0 Å². The molecule has 1 amide bonds. The van der Waals surface area contributed by atoms with E-state index < -0.39 is 11.2 Å². The van der Waals surface area contributed by atoms with E-state index in [4.69, 9.17) is 5.73 Å². The van der Waals surface area contributed by atoms with Gasteiger partial charge in [0, 0.05) is 18.0 Å². The number of hydrogen-bond donors (Lipinski definition) is 2. The van der Waals surface area contributed by atoms with E-state index >= 15 is 0 Å². The van der Waals surface area contributed by atoms with Gasteiger partial charge < -0.3 is 10.6 Å². The SMILES string of the molecule is CCCCN(C(=O)c1ccccc1SC)c1c(N)n(CCCC)c(=O)[nH]c1=O. The van der Waals surface area contributed by atoms with Gasteiger partial charge in [-0.3, -0.25) is 19.1 Å². The normalized spacial score (nSPS) is 10.8. The van der Waals surface area contributed by atoms with Crippen LogP contribution >= 0.6 is 11.8 Å². The third-order valence-electron chi connectivity index (χ3n) is 4.54. The van der Waals surface area contributed by atoms with Crippen LogP contribution in [0, 0.1) is 0 Å². The quantitative estimate of drug-likeness (QED) is 0.626. The number of amides is 1. The highest BCUT2D eigenvalue weighted by Gasteiger charge is 2.26. The van der Waals surface area contributed by atoms with Crippen LogP contribution in [0.15, 0.2) is 38.8 Å². The number of hydrogen-bond acceptors (Lipinski definition) is 5. The summed E-state index contributed by atoms with van der Waals surface area (Å²) in [4.78, 5) is 42.8. The highest BCUT2D eigenvalue weighted by Crippen LogP contribution is 2.25. The molecule has 0 aliphatic carbocycles. The monoisotopic (exact) mass is 404 g/mol. The van der Waals surface area contributed by atoms with Crippen molar-refractivity contribution >= 4 is 29.2 Å². The Bertz CT molecular complexity index is 936. The van der Waals surface area contributed by atoms with E-state index in [2.05, 4.69) is 4.98 Å². The largest absolute Gasteiger partial charge is 0.383 e. The predicted octanol–water partition coefficient (Wildman–Crippen LogP) is 3.09. The summed E-state index contributed by atoms with van der Waals surface area (Å²) in [7, 11) is 0. The maximum Gasteiger partial charge on any atom is 0.330 e. The number of thioether (sulfide) groups is 1. The van der Waals surface area contributed by atoms with E-state index in [-0.39, 0.29) is 17.4 Å². The Balaban J connectivity index is 2.61. The number of nitrogens with zero attached hydrogens (tertiary/aromatic N) is 2. The van der Waals surface area contributed by atoms with Gasteiger partial charge in [0.25, 0.3) is 11.5 Å². The van der Waals surface area contributed by atoms with Gasteiger partial charge in [-0.2, -0.15) is 0 Å². The molecule has 0 saturated carbocycles. The summed E-state index contributed by atoms with van der Waals surface area (Å²) >= 11 is 1.47. The fourth-order valence-corrected chi connectivity index (χ4v) is 3.56. The van der Waals surface area contributed by atoms with Crippen LogP contribution in [0.5, 0.6) is 0 Å². The Morgan fingerprint density at radius 2 is 1.86 bits per heavy atom. The first kappa shape index (κ1) is 21.8. The molecular weight excluding hydrogens is 376 g/mol. The fraction of sp³-hybridized carbons (Fsp3) is 0.450. The molecule has 0 aliphatic heterocycles. The maximum atomic E-state index is 13.4. The van der Waals surface area contributed by atoms with Gasteiger partial charge in [0.2, 0.25) is 0 Å². The van der Waals surface area contributed by atoms with Gasteiger partial charge in [0.05, 0.1) is 5.56 Å². The lowest BCUT2D eigenvalue weighted by Crippen LogP contribution is -2.41. The summed E-state index contributed by atoms with van der Waals surface area (Å²) in [6, 6.07) is 7.27. The van der Waals surface area contributed by atoms with Crippen LogP contribution in [-0.2, 0) is 6.54 Å². The third-order valence-corrected chi connectivity index (χ3v) is 5.33. The van der Waals surface area contributed by atoms with Crippen molar-refractivity contribution < 1.29 is 4.79 Å². The molecule has 0 atom stereocenters. The van der Waals surface area contributed by atoms with Crippen LogP contribution in [-0.4, -0.2) is 28.3 Å². The Morgan fingerprint density at radius 1 is 1.18 bits per heavy atom. The number of H-pyrrole nitrogens is 1. The highest BCUT2D eigenvalue weighted by atomic mass is 32.2. The Hall–Kier alpha value is -2.48. The number of aromatic amines is 1. The highest BCUT2D eigenvalue weighted by molar-refractivity contribution is 7.98. The van der Waals surface area contributed by atoms with E-state index in [9.17, 15) is 14.4 Å².